The number of fused-ring (bicyclic) bond motifs is 1. The fraction of sp³-hybridized carbons (Fsp3) is 0.111. The van der Waals surface area contributed by atoms with E-state index in [1.165, 1.54) is 6.33 Å². The highest BCUT2D eigenvalue weighted by molar-refractivity contribution is 5.80. The zero-order chi connectivity index (χ0) is 18.8. The molecule has 0 saturated heterocycles. The smallest absolute Gasteiger partial charge is 0.241 e. The SMILES string of the molecule is COc1ccc(Nc2ncnc(-n3c(N)nc4ccccc43)n2)cc1OC. The van der Waals surface area contributed by atoms with E-state index in [2.05, 4.69) is 25.3 Å². The number of rotatable bonds is 5. The lowest BCUT2D eigenvalue weighted by Crippen LogP contribution is -2.08. The number of methoxy groups -OCH3 is 2. The molecule has 0 saturated carbocycles. The van der Waals surface area contributed by atoms with Crippen LogP contribution in [0.2, 0.25) is 0 Å². The number of nitrogens with two attached hydrogens (primary N) is 1. The van der Waals surface area contributed by atoms with Gasteiger partial charge in [-0.1, -0.05) is 12.1 Å². The standard InChI is InChI=1S/C18H17N7O2/c1-26-14-8-7-11(9-15(14)27-2)22-17-20-10-21-18(24-17)25-13-6-4-3-5-12(13)23-16(25)19/h3-10H,1-2H3,(H2,19,23)(H,20,21,22,24). The summed E-state index contributed by atoms with van der Waals surface area (Å²) >= 11 is 0. The first-order valence-corrected chi connectivity index (χ1v) is 8.11. The van der Waals surface area contributed by atoms with Gasteiger partial charge in [0.1, 0.15) is 6.33 Å². The van der Waals surface area contributed by atoms with Crippen molar-refractivity contribution < 1.29 is 9.47 Å². The topological polar surface area (TPSA) is 113 Å². The molecule has 0 aliphatic rings. The molecule has 0 atom stereocenters. The summed E-state index contributed by atoms with van der Waals surface area (Å²) in [6.07, 6.45) is 1.42. The van der Waals surface area contributed by atoms with Crippen LogP contribution in [0.4, 0.5) is 17.6 Å². The van der Waals surface area contributed by atoms with Gasteiger partial charge in [0.15, 0.2) is 11.5 Å². The summed E-state index contributed by atoms with van der Waals surface area (Å²) < 4.78 is 12.2. The number of ether oxygens (including phenoxy) is 2. The van der Waals surface area contributed by atoms with Gasteiger partial charge in [0.05, 0.1) is 25.3 Å². The predicted molar refractivity (Wildman–Crippen MR) is 102 cm³/mol. The molecule has 4 aromatic rings. The molecular formula is C18H17N7O2. The number of benzene rings is 2. The normalized spacial score (nSPS) is 10.7. The van der Waals surface area contributed by atoms with Crippen molar-refractivity contribution in [2.75, 3.05) is 25.3 Å². The lowest BCUT2D eigenvalue weighted by Gasteiger charge is -2.11. The van der Waals surface area contributed by atoms with Gasteiger partial charge >= 0.3 is 0 Å². The van der Waals surface area contributed by atoms with Crippen LogP contribution in [0.15, 0.2) is 48.8 Å². The molecule has 136 valence electrons. The molecule has 0 aliphatic carbocycles. The van der Waals surface area contributed by atoms with E-state index in [0.29, 0.717) is 29.3 Å². The van der Waals surface area contributed by atoms with E-state index in [0.717, 1.165) is 16.7 Å². The summed E-state index contributed by atoms with van der Waals surface area (Å²) in [5, 5.41) is 3.13. The maximum Gasteiger partial charge on any atom is 0.241 e. The van der Waals surface area contributed by atoms with E-state index >= 15 is 0 Å². The van der Waals surface area contributed by atoms with Crippen LogP contribution >= 0.6 is 0 Å². The van der Waals surface area contributed by atoms with Crippen molar-refractivity contribution in [2.45, 2.75) is 0 Å². The minimum Gasteiger partial charge on any atom is -0.493 e. The molecule has 9 nitrogen and oxygen atoms in total. The average molecular weight is 363 g/mol. The molecule has 27 heavy (non-hydrogen) atoms. The van der Waals surface area contributed by atoms with Gasteiger partial charge in [0, 0.05) is 11.8 Å². The van der Waals surface area contributed by atoms with Crippen molar-refractivity contribution in [2.24, 2.45) is 0 Å². The van der Waals surface area contributed by atoms with Crippen molar-refractivity contribution in [1.29, 1.82) is 0 Å². The largest absolute Gasteiger partial charge is 0.493 e. The molecular weight excluding hydrogens is 346 g/mol. The van der Waals surface area contributed by atoms with E-state index in [1.54, 1.807) is 30.9 Å². The Hall–Kier alpha value is -3.88. The summed E-state index contributed by atoms with van der Waals surface area (Å²) in [6.45, 7) is 0. The predicted octanol–water partition coefficient (Wildman–Crippen LogP) is 2.55. The lowest BCUT2D eigenvalue weighted by molar-refractivity contribution is 0.355. The highest BCUT2D eigenvalue weighted by atomic mass is 16.5. The molecule has 2 aromatic heterocycles. The van der Waals surface area contributed by atoms with E-state index in [9.17, 15) is 0 Å². The van der Waals surface area contributed by atoms with E-state index in [4.69, 9.17) is 15.2 Å². The second-order valence-electron chi connectivity index (χ2n) is 5.60. The Morgan fingerprint density at radius 3 is 2.59 bits per heavy atom. The van der Waals surface area contributed by atoms with Crippen molar-refractivity contribution in [1.82, 2.24) is 24.5 Å². The molecule has 2 heterocycles. The number of hydrogen-bond donors (Lipinski definition) is 2. The highest BCUT2D eigenvalue weighted by Gasteiger charge is 2.13. The monoisotopic (exact) mass is 363 g/mol. The summed E-state index contributed by atoms with van der Waals surface area (Å²) in [6, 6.07) is 13.0. The quantitative estimate of drug-likeness (QED) is 0.556. The molecule has 0 unspecified atom stereocenters. The van der Waals surface area contributed by atoms with Gasteiger partial charge in [-0.3, -0.25) is 0 Å². The van der Waals surface area contributed by atoms with Crippen molar-refractivity contribution in [3.05, 3.63) is 48.8 Å². The van der Waals surface area contributed by atoms with Gasteiger partial charge in [-0.2, -0.15) is 4.98 Å². The Morgan fingerprint density at radius 1 is 0.963 bits per heavy atom. The first-order valence-electron chi connectivity index (χ1n) is 8.11. The summed E-state index contributed by atoms with van der Waals surface area (Å²) in [4.78, 5) is 17.2. The van der Waals surface area contributed by atoms with Crippen LogP contribution in [0.1, 0.15) is 0 Å². The van der Waals surface area contributed by atoms with Crippen LogP contribution < -0.4 is 20.5 Å². The molecule has 3 N–H and O–H groups in total. The number of aromatic nitrogens is 5. The Morgan fingerprint density at radius 2 is 1.78 bits per heavy atom. The third-order valence-electron chi connectivity index (χ3n) is 3.99. The number of anilines is 3. The molecule has 0 aliphatic heterocycles. The van der Waals surface area contributed by atoms with Crippen molar-refractivity contribution in [3.8, 4) is 17.4 Å². The van der Waals surface area contributed by atoms with Crippen LogP contribution in [-0.4, -0.2) is 38.7 Å². The third kappa shape index (κ3) is 3.06. The first kappa shape index (κ1) is 16.6. The minimum absolute atomic E-state index is 0.305. The average Bonchev–Trinajstić information content (AvgIpc) is 3.03. The maximum absolute atomic E-state index is 6.06. The number of imidazole rings is 1. The zero-order valence-corrected chi connectivity index (χ0v) is 14.7. The molecule has 4 rings (SSSR count). The number of nitrogens with one attached hydrogen (secondary N) is 1. The Labute approximate surface area is 154 Å². The number of hydrogen-bond acceptors (Lipinski definition) is 8. The van der Waals surface area contributed by atoms with Gasteiger partial charge in [0.2, 0.25) is 17.8 Å². The van der Waals surface area contributed by atoms with Crippen LogP contribution in [0.25, 0.3) is 17.0 Å². The van der Waals surface area contributed by atoms with Crippen LogP contribution in [0.5, 0.6) is 11.5 Å². The second-order valence-corrected chi connectivity index (χ2v) is 5.60. The zero-order valence-electron chi connectivity index (χ0n) is 14.7. The Kier molecular flexibility index (Phi) is 4.17. The van der Waals surface area contributed by atoms with Crippen LogP contribution in [0, 0.1) is 0 Å². The molecule has 9 heteroatoms. The van der Waals surface area contributed by atoms with Gasteiger partial charge in [-0.05, 0) is 24.3 Å². The maximum atomic E-state index is 6.06. The fourth-order valence-corrected chi connectivity index (χ4v) is 2.75. The molecule has 2 aromatic carbocycles. The van der Waals surface area contributed by atoms with Gasteiger partial charge in [-0.15, -0.1) is 0 Å². The van der Waals surface area contributed by atoms with Crippen molar-refractivity contribution in [3.63, 3.8) is 0 Å². The van der Waals surface area contributed by atoms with Crippen LogP contribution in [-0.2, 0) is 0 Å². The molecule has 0 radical (unpaired) electrons. The van der Waals surface area contributed by atoms with Crippen molar-refractivity contribution >= 4 is 28.6 Å². The fourth-order valence-electron chi connectivity index (χ4n) is 2.75. The molecule has 0 bridgehead atoms. The summed E-state index contributed by atoms with van der Waals surface area (Å²) in [5.41, 5.74) is 8.39. The first-order chi connectivity index (χ1) is 13.2. The van der Waals surface area contributed by atoms with Gasteiger partial charge in [0.25, 0.3) is 0 Å². The van der Waals surface area contributed by atoms with Gasteiger partial charge < -0.3 is 20.5 Å². The molecule has 0 spiro atoms. The van der Waals surface area contributed by atoms with E-state index in [-0.39, 0.29) is 0 Å². The Balaban J connectivity index is 1.70. The van der Waals surface area contributed by atoms with E-state index in [1.807, 2.05) is 30.3 Å². The molecule has 0 amide bonds. The molecule has 0 fully saturated rings. The minimum atomic E-state index is 0.305. The number of para-hydroxylation sites is 2. The van der Waals surface area contributed by atoms with Gasteiger partial charge in [-0.25, -0.2) is 19.5 Å². The summed E-state index contributed by atoms with van der Waals surface area (Å²) in [5.74, 6) is 2.28. The summed E-state index contributed by atoms with van der Waals surface area (Å²) in [7, 11) is 3.17. The Bertz CT molecular complexity index is 1110. The lowest BCUT2D eigenvalue weighted by atomic mass is 10.3. The highest BCUT2D eigenvalue weighted by Crippen LogP contribution is 2.30. The second kappa shape index (κ2) is 6.79. The van der Waals surface area contributed by atoms with Crippen LogP contribution in [0.3, 0.4) is 0 Å². The van der Waals surface area contributed by atoms with E-state index < -0.39 is 0 Å². The number of nitrogens with zero attached hydrogens (tertiary/aromatic N) is 5. The third-order valence-corrected chi connectivity index (χ3v) is 3.99. The number of nitrogen functional groups attached to an aromatic ring is 1.